The van der Waals surface area contributed by atoms with Crippen molar-refractivity contribution in [3.63, 3.8) is 0 Å². The number of aliphatic hydroxyl groups is 1. The summed E-state index contributed by atoms with van der Waals surface area (Å²) in [5, 5.41) is 9.16. The van der Waals surface area contributed by atoms with Crippen molar-refractivity contribution in [3.05, 3.63) is 0 Å². The summed E-state index contributed by atoms with van der Waals surface area (Å²) >= 11 is 0. The van der Waals surface area contributed by atoms with E-state index in [0.29, 0.717) is 24.5 Å². The van der Waals surface area contributed by atoms with Crippen molar-refractivity contribution in [2.45, 2.75) is 25.3 Å². The van der Waals surface area contributed by atoms with E-state index in [2.05, 4.69) is 15.0 Å². The minimum atomic E-state index is 0.0827. The zero-order valence-electron chi connectivity index (χ0n) is 10.9. The number of hydrogen-bond acceptors (Lipinski definition) is 7. The molecule has 1 aromatic rings. The summed E-state index contributed by atoms with van der Waals surface area (Å²) in [4.78, 5) is 16.5. The molecule has 0 atom stereocenters. The van der Waals surface area contributed by atoms with Gasteiger partial charge < -0.3 is 20.6 Å². The van der Waals surface area contributed by atoms with Crippen molar-refractivity contribution in [1.29, 1.82) is 0 Å². The van der Waals surface area contributed by atoms with Crippen molar-refractivity contribution >= 4 is 17.8 Å². The fourth-order valence-electron chi connectivity index (χ4n) is 1.95. The summed E-state index contributed by atoms with van der Waals surface area (Å²) in [5.74, 6) is 1.32. The van der Waals surface area contributed by atoms with Gasteiger partial charge in [-0.15, -0.1) is 0 Å². The van der Waals surface area contributed by atoms with Crippen LogP contribution in [0, 0.1) is 0 Å². The van der Waals surface area contributed by atoms with E-state index in [-0.39, 0.29) is 12.6 Å². The second-order valence-electron chi connectivity index (χ2n) is 4.69. The Morgan fingerprint density at radius 2 is 1.89 bits per heavy atom. The third kappa shape index (κ3) is 2.61. The van der Waals surface area contributed by atoms with E-state index in [1.807, 2.05) is 19.0 Å². The fraction of sp³-hybridized carbons (Fsp3) is 0.727. The number of rotatable bonds is 5. The first-order valence-electron chi connectivity index (χ1n) is 6.18. The average Bonchev–Trinajstić information content (AvgIpc) is 2.25. The molecular formula is C11H20N6O. The smallest absolute Gasteiger partial charge is 0.232 e. The first-order chi connectivity index (χ1) is 8.61. The standard InChI is InChI=1S/C11H20N6O/c1-16(2)10-13-9(12)14-11(15-10)17(6-7-18)8-4-3-5-8/h8,18H,3-7H2,1-2H3,(H2,12,13,14,15). The van der Waals surface area contributed by atoms with Crippen molar-refractivity contribution in [2.24, 2.45) is 0 Å². The zero-order valence-corrected chi connectivity index (χ0v) is 10.9. The third-order valence-electron chi connectivity index (χ3n) is 3.14. The topological polar surface area (TPSA) is 91.4 Å². The van der Waals surface area contributed by atoms with Crippen LogP contribution in [-0.2, 0) is 0 Å². The van der Waals surface area contributed by atoms with Gasteiger partial charge in [0, 0.05) is 26.7 Å². The SMILES string of the molecule is CN(C)c1nc(N)nc(N(CCO)C2CCC2)n1. The van der Waals surface area contributed by atoms with Crippen LogP contribution in [0.5, 0.6) is 0 Å². The Hall–Kier alpha value is -1.63. The van der Waals surface area contributed by atoms with Gasteiger partial charge in [-0.25, -0.2) is 0 Å². The second kappa shape index (κ2) is 5.34. The number of anilines is 3. The summed E-state index contributed by atoms with van der Waals surface area (Å²) in [7, 11) is 3.72. The molecule has 3 N–H and O–H groups in total. The van der Waals surface area contributed by atoms with E-state index < -0.39 is 0 Å². The number of aliphatic hydroxyl groups excluding tert-OH is 1. The van der Waals surface area contributed by atoms with Crippen LogP contribution >= 0.6 is 0 Å². The molecule has 100 valence electrons. The summed E-state index contributed by atoms with van der Waals surface area (Å²) in [6, 6.07) is 0.411. The van der Waals surface area contributed by atoms with Crippen LogP contribution < -0.4 is 15.5 Å². The van der Waals surface area contributed by atoms with Crippen LogP contribution in [0.1, 0.15) is 19.3 Å². The first-order valence-corrected chi connectivity index (χ1v) is 6.18. The third-order valence-corrected chi connectivity index (χ3v) is 3.14. The van der Waals surface area contributed by atoms with Gasteiger partial charge in [0.2, 0.25) is 17.8 Å². The predicted octanol–water partition coefficient (Wildman–Crippen LogP) is -0.129. The Labute approximate surface area is 107 Å². The largest absolute Gasteiger partial charge is 0.395 e. The maximum atomic E-state index is 9.16. The van der Waals surface area contributed by atoms with Crippen LogP contribution in [-0.4, -0.2) is 53.3 Å². The van der Waals surface area contributed by atoms with E-state index in [1.165, 1.54) is 6.42 Å². The number of hydrogen-bond donors (Lipinski definition) is 2. The van der Waals surface area contributed by atoms with E-state index >= 15 is 0 Å². The molecule has 0 amide bonds. The Morgan fingerprint density at radius 1 is 1.22 bits per heavy atom. The molecule has 0 unspecified atom stereocenters. The van der Waals surface area contributed by atoms with Gasteiger partial charge in [0.05, 0.1) is 6.61 Å². The van der Waals surface area contributed by atoms with Gasteiger partial charge in [0.25, 0.3) is 0 Å². The lowest BCUT2D eigenvalue weighted by atomic mass is 9.92. The van der Waals surface area contributed by atoms with Crippen LogP contribution in [0.25, 0.3) is 0 Å². The molecule has 1 aliphatic rings. The maximum absolute atomic E-state index is 9.16. The molecule has 0 spiro atoms. The molecular weight excluding hydrogens is 232 g/mol. The Bertz CT molecular complexity index is 407. The highest BCUT2D eigenvalue weighted by Gasteiger charge is 2.27. The van der Waals surface area contributed by atoms with Gasteiger partial charge in [0.1, 0.15) is 0 Å². The number of aromatic nitrogens is 3. The van der Waals surface area contributed by atoms with Crippen LogP contribution in [0.4, 0.5) is 17.8 Å². The number of nitrogens with two attached hydrogens (primary N) is 1. The Morgan fingerprint density at radius 3 is 2.39 bits per heavy atom. The van der Waals surface area contributed by atoms with Crippen molar-refractivity contribution in [1.82, 2.24) is 15.0 Å². The van der Waals surface area contributed by atoms with E-state index in [4.69, 9.17) is 10.8 Å². The molecule has 18 heavy (non-hydrogen) atoms. The highest BCUT2D eigenvalue weighted by molar-refractivity contribution is 5.43. The van der Waals surface area contributed by atoms with Gasteiger partial charge >= 0.3 is 0 Å². The number of nitrogen functional groups attached to an aromatic ring is 1. The maximum Gasteiger partial charge on any atom is 0.232 e. The van der Waals surface area contributed by atoms with Gasteiger partial charge in [-0.1, -0.05) is 0 Å². The quantitative estimate of drug-likeness (QED) is 0.754. The van der Waals surface area contributed by atoms with Crippen LogP contribution in [0.2, 0.25) is 0 Å². The van der Waals surface area contributed by atoms with Crippen molar-refractivity contribution < 1.29 is 5.11 Å². The summed E-state index contributed by atoms with van der Waals surface area (Å²) in [6.45, 7) is 0.611. The van der Waals surface area contributed by atoms with E-state index in [1.54, 1.807) is 4.90 Å². The van der Waals surface area contributed by atoms with Gasteiger partial charge in [-0.2, -0.15) is 15.0 Å². The van der Waals surface area contributed by atoms with Crippen molar-refractivity contribution in [3.8, 4) is 0 Å². The molecule has 0 bridgehead atoms. The normalized spacial score (nSPS) is 15.3. The average molecular weight is 252 g/mol. The fourth-order valence-corrected chi connectivity index (χ4v) is 1.95. The summed E-state index contributed by atoms with van der Waals surface area (Å²) < 4.78 is 0. The highest BCUT2D eigenvalue weighted by atomic mass is 16.3. The molecule has 1 heterocycles. The lowest BCUT2D eigenvalue weighted by Crippen LogP contribution is -2.43. The lowest BCUT2D eigenvalue weighted by Gasteiger charge is -2.37. The summed E-state index contributed by atoms with van der Waals surface area (Å²) in [5.41, 5.74) is 5.71. The molecule has 1 aliphatic carbocycles. The van der Waals surface area contributed by atoms with E-state index in [0.717, 1.165) is 12.8 Å². The van der Waals surface area contributed by atoms with Gasteiger partial charge in [0.15, 0.2) is 0 Å². The van der Waals surface area contributed by atoms with Crippen LogP contribution in [0.15, 0.2) is 0 Å². The second-order valence-corrected chi connectivity index (χ2v) is 4.69. The monoisotopic (exact) mass is 252 g/mol. The highest BCUT2D eigenvalue weighted by Crippen LogP contribution is 2.28. The molecule has 0 aromatic carbocycles. The molecule has 7 nitrogen and oxygen atoms in total. The van der Waals surface area contributed by atoms with Gasteiger partial charge in [-0.05, 0) is 19.3 Å². The van der Waals surface area contributed by atoms with Gasteiger partial charge in [-0.3, -0.25) is 0 Å². The number of nitrogens with zero attached hydrogens (tertiary/aromatic N) is 5. The lowest BCUT2D eigenvalue weighted by molar-refractivity contribution is 0.282. The predicted molar refractivity (Wildman–Crippen MR) is 70.6 cm³/mol. The molecule has 1 fully saturated rings. The first kappa shape index (κ1) is 12.8. The van der Waals surface area contributed by atoms with Crippen molar-refractivity contribution in [2.75, 3.05) is 42.8 Å². The molecule has 0 saturated heterocycles. The minimum Gasteiger partial charge on any atom is -0.395 e. The molecule has 1 saturated carbocycles. The Balaban J connectivity index is 2.27. The zero-order chi connectivity index (χ0) is 13.1. The molecule has 1 aromatic heterocycles. The summed E-state index contributed by atoms with van der Waals surface area (Å²) in [6.07, 6.45) is 3.44. The van der Waals surface area contributed by atoms with Crippen LogP contribution in [0.3, 0.4) is 0 Å². The molecule has 0 radical (unpaired) electrons. The minimum absolute atomic E-state index is 0.0827. The van der Waals surface area contributed by atoms with E-state index in [9.17, 15) is 0 Å². The Kier molecular flexibility index (Phi) is 3.81. The molecule has 7 heteroatoms. The molecule has 2 rings (SSSR count). The molecule has 0 aliphatic heterocycles.